The molecule has 0 saturated carbocycles. The molecule has 0 aliphatic heterocycles. The van der Waals surface area contributed by atoms with Crippen molar-refractivity contribution in [3.63, 3.8) is 0 Å². The highest BCUT2D eigenvalue weighted by atomic mass is 16.7. The third-order valence-corrected chi connectivity index (χ3v) is 3.64. The van der Waals surface area contributed by atoms with E-state index >= 15 is 0 Å². The number of aryl methyl sites for hydroxylation is 1. The fourth-order valence-electron chi connectivity index (χ4n) is 2.28. The predicted octanol–water partition coefficient (Wildman–Crippen LogP) is 5.52. The molecule has 0 spiro atoms. The van der Waals surface area contributed by atoms with Gasteiger partial charge >= 0.3 is 6.16 Å². The van der Waals surface area contributed by atoms with Crippen molar-refractivity contribution in [1.29, 1.82) is 0 Å². The Hall–Kier alpha value is -1.51. The molecule has 3 heteroatoms. The highest BCUT2D eigenvalue weighted by Gasteiger charge is 2.02. The molecule has 1 rings (SSSR count). The molecule has 0 atom stereocenters. The summed E-state index contributed by atoms with van der Waals surface area (Å²) in [5.41, 5.74) is 1.43. The van der Waals surface area contributed by atoms with Crippen LogP contribution in [0.25, 0.3) is 0 Å². The molecule has 0 aliphatic rings. The van der Waals surface area contributed by atoms with Crippen LogP contribution in [-0.2, 0) is 15.9 Å². The van der Waals surface area contributed by atoms with Crippen molar-refractivity contribution in [3.05, 3.63) is 35.9 Å². The molecule has 0 heterocycles. The highest BCUT2D eigenvalue weighted by Crippen LogP contribution is 2.09. The van der Waals surface area contributed by atoms with Crippen molar-refractivity contribution in [1.82, 2.24) is 0 Å². The smallest absolute Gasteiger partial charge is 0.434 e. The third kappa shape index (κ3) is 10.3. The van der Waals surface area contributed by atoms with E-state index in [1.54, 1.807) is 0 Å². The fourth-order valence-corrected chi connectivity index (χ4v) is 2.28. The van der Waals surface area contributed by atoms with E-state index in [4.69, 9.17) is 9.47 Å². The average Bonchev–Trinajstić information content (AvgIpc) is 2.54. The standard InChI is InChI=1S/C19H30O3/c1-2-3-16-21-19(20)22-17-12-7-5-4-6-9-13-18-14-10-8-11-15-18/h8,10-11,14-15H,2-7,9,12-13,16-17H2,1H3. The van der Waals surface area contributed by atoms with E-state index in [2.05, 4.69) is 37.3 Å². The van der Waals surface area contributed by atoms with Gasteiger partial charge in [0.1, 0.15) is 0 Å². The topological polar surface area (TPSA) is 35.5 Å². The largest absolute Gasteiger partial charge is 0.508 e. The minimum atomic E-state index is -0.517. The summed E-state index contributed by atoms with van der Waals surface area (Å²) in [6, 6.07) is 10.6. The lowest BCUT2D eigenvalue weighted by Crippen LogP contribution is -2.09. The van der Waals surface area contributed by atoms with Crippen molar-refractivity contribution in [2.45, 2.75) is 64.7 Å². The summed E-state index contributed by atoms with van der Waals surface area (Å²) in [6.45, 7) is 3.01. The van der Waals surface area contributed by atoms with Gasteiger partial charge in [0.15, 0.2) is 0 Å². The quantitative estimate of drug-likeness (QED) is 0.376. The first kappa shape index (κ1) is 18.5. The average molecular weight is 306 g/mol. The Morgan fingerprint density at radius 2 is 1.41 bits per heavy atom. The van der Waals surface area contributed by atoms with E-state index in [9.17, 15) is 4.79 Å². The van der Waals surface area contributed by atoms with Crippen LogP contribution in [0.5, 0.6) is 0 Å². The molecular weight excluding hydrogens is 276 g/mol. The van der Waals surface area contributed by atoms with Gasteiger partial charge in [-0.25, -0.2) is 4.79 Å². The molecule has 1 aromatic rings. The fraction of sp³-hybridized carbons (Fsp3) is 0.632. The lowest BCUT2D eigenvalue weighted by atomic mass is 10.1. The Bertz CT molecular complexity index is 376. The Morgan fingerprint density at radius 1 is 0.818 bits per heavy atom. The van der Waals surface area contributed by atoms with Crippen LogP contribution in [0.3, 0.4) is 0 Å². The Labute approximate surface area is 135 Å². The molecule has 22 heavy (non-hydrogen) atoms. The van der Waals surface area contributed by atoms with E-state index in [0.29, 0.717) is 13.2 Å². The molecule has 0 fully saturated rings. The lowest BCUT2D eigenvalue weighted by Gasteiger charge is -2.06. The maximum absolute atomic E-state index is 11.2. The van der Waals surface area contributed by atoms with Crippen molar-refractivity contribution in [2.24, 2.45) is 0 Å². The van der Waals surface area contributed by atoms with Gasteiger partial charge in [0.25, 0.3) is 0 Å². The molecule has 3 nitrogen and oxygen atoms in total. The molecule has 0 aromatic heterocycles. The zero-order chi connectivity index (χ0) is 15.9. The SMILES string of the molecule is CCCCOC(=O)OCCCCCCCCc1ccccc1. The van der Waals surface area contributed by atoms with Gasteiger partial charge in [-0.05, 0) is 31.2 Å². The Balaban J connectivity index is 1.82. The van der Waals surface area contributed by atoms with Gasteiger partial charge in [0.2, 0.25) is 0 Å². The molecule has 0 saturated heterocycles. The molecular formula is C19H30O3. The molecule has 0 N–H and O–H groups in total. The van der Waals surface area contributed by atoms with Gasteiger partial charge in [0.05, 0.1) is 13.2 Å². The van der Waals surface area contributed by atoms with Crippen LogP contribution in [0.2, 0.25) is 0 Å². The first-order valence-electron chi connectivity index (χ1n) is 8.66. The first-order chi connectivity index (χ1) is 10.8. The Morgan fingerprint density at radius 3 is 2.09 bits per heavy atom. The lowest BCUT2D eigenvalue weighted by molar-refractivity contribution is 0.0532. The second-order valence-corrected chi connectivity index (χ2v) is 5.66. The van der Waals surface area contributed by atoms with Crippen LogP contribution in [0, 0.1) is 0 Å². The van der Waals surface area contributed by atoms with E-state index in [1.165, 1.54) is 37.7 Å². The summed E-state index contributed by atoms with van der Waals surface area (Å²) in [5.74, 6) is 0. The van der Waals surface area contributed by atoms with E-state index < -0.39 is 6.16 Å². The molecule has 0 radical (unpaired) electrons. The minimum absolute atomic E-state index is 0.469. The van der Waals surface area contributed by atoms with Gasteiger partial charge in [-0.3, -0.25) is 0 Å². The summed E-state index contributed by atoms with van der Waals surface area (Å²) in [4.78, 5) is 11.2. The second-order valence-electron chi connectivity index (χ2n) is 5.66. The maximum Gasteiger partial charge on any atom is 0.508 e. The summed E-state index contributed by atoms with van der Waals surface area (Å²) >= 11 is 0. The molecule has 0 amide bonds. The first-order valence-corrected chi connectivity index (χ1v) is 8.66. The van der Waals surface area contributed by atoms with Crippen LogP contribution < -0.4 is 0 Å². The second kappa shape index (κ2) is 13.2. The van der Waals surface area contributed by atoms with Crippen LogP contribution >= 0.6 is 0 Å². The monoisotopic (exact) mass is 306 g/mol. The van der Waals surface area contributed by atoms with Crippen molar-refractivity contribution in [3.8, 4) is 0 Å². The van der Waals surface area contributed by atoms with Crippen molar-refractivity contribution < 1.29 is 14.3 Å². The number of ether oxygens (including phenoxy) is 2. The number of hydrogen-bond donors (Lipinski definition) is 0. The van der Waals surface area contributed by atoms with Crippen LogP contribution in [0.15, 0.2) is 30.3 Å². The van der Waals surface area contributed by atoms with Gasteiger partial charge in [0, 0.05) is 0 Å². The van der Waals surface area contributed by atoms with Gasteiger partial charge in [-0.1, -0.05) is 69.4 Å². The highest BCUT2D eigenvalue weighted by molar-refractivity contribution is 5.59. The molecule has 0 aliphatic carbocycles. The number of benzene rings is 1. The molecule has 124 valence electrons. The zero-order valence-corrected chi connectivity index (χ0v) is 13.9. The molecule has 1 aromatic carbocycles. The number of rotatable bonds is 12. The molecule has 0 unspecified atom stereocenters. The zero-order valence-electron chi connectivity index (χ0n) is 13.9. The number of hydrogen-bond acceptors (Lipinski definition) is 3. The number of carbonyl (C=O) groups excluding carboxylic acids is 1. The van der Waals surface area contributed by atoms with Gasteiger partial charge in [-0.2, -0.15) is 0 Å². The van der Waals surface area contributed by atoms with E-state index in [-0.39, 0.29) is 0 Å². The summed E-state index contributed by atoms with van der Waals surface area (Å²) in [5, 5.41) is 0. The van der Waals surface area contributed by atoms with Crippen LogP contribution in [0.4, 0.5) is 4.79 Å². The van der Waals surface area contributed by atoms with Crippen molar-refractivity contribution >= 4 is 6.16 Å². The normalized spacial score (nSPS) is 10.4. The molecule has 0 bridgehead atoms. The predicted molar refractivity (Wildman–Crippen MR) is 90.1 cm³/mol. The summed E-state index contributed by atoms with van der Waals surface area (Å²) in [7, 11) is 0. The van der Waals surface area contributed by atoms with Gasteiger partial charge in [-0.15, -0.1) is 0 Å². The van der Waals surface area contributed by atoms with Crippen LogP contribution in [-0.4, -0.2) is 19.4 Å². The third-order valence-electron chi connectivity index (χ3n) is 3.64. The van der Waals surface area contributed by atoms with E-state index in [0.717, 1.165) is 25.7 Å². The van der Waals surface area contributed by atoms with Crippen LogP contribution in [0.1, 0.15) is 63.9 Å². The van der Waals surface area contributed by atoms with Gasteiger partial charge < -0.3 is 9.47 Å². The number of unbranched alkanes of at least 4 members (excludes halogenated alkanes) is 6. The Kier molecular flexibility index (Phi) is 11.1. The number of carbonyl (C=O) groups is 1. The van der Waals surface area contributed by atoms with Crippen molar-refractivity contribution in [2.75, 3.05) is 13.2 Å². The minimum Gasteiger partial charge on any atom is -0.434 e. The summed E-state index contributed by atoms with van der Waals surface area (Å²) in [6.07, 6.45) is 9.63. The van der Waals surface area contributed by atoms with E-state index in [1.807, 2.05) is 0 Å². The summed E-state index contributed by atoms with van der Waals surface area (Å²) < 4.78 is 9.94. The maximum atomic E-state index is 11.2.